The van der Waals surface area contributed by atoms with Crippen LogP contribution in [0.1, 0.15) is 28.9 Å². The molecule has 0 aliphatic rings. The van der Waals surface area contributed by atoms with Crippen molar-refractivity contribution in [3.63, 3.8) is 0 Å². The fourth-order valence-corrected chi connectivity index (χ4v) is 2.54. The summed E-state index contributed by atoms with van der Waals surface area (Å²) in [6.45, 7) is -0.258. The first kappa shape index (κ1) is 16.2. The van der Waals surface area contributed by atoms with Crippen LogP contribution < -0.4 is 0 Å². The van der Waals surface area contributed by atoms with Crippen LogP contribution in [0.2, 0.25) is 0 Å². The van der Waals surface area contributed by atoms with E-state index in [9.17, 15) is 15.3 Å². The molecule has 1 unspecified atom stereocenters. The van der Waals surface area contributed by atoms with E-state index in [-0.39, 0.29) is 23.7 Å². The van der Waals surface area contributed by atoms with E-state index in [1.54, 1.807) is 54.6 Å². The lowest BCUT2D eigenvalue weighted by atomic mass is 9.86. The molecule has 3 rings (SSSR count). The van der Waals surface area contributed by atoms with Crippen LogP contribution in [-0.4, -0.2) is 30.3 Å². The van der Waals surface area contributed by atoms with Crippen LogP contribution in [-0.2, 0) is 12.2 Å². The van der Waals surface area contributed by atoms with Gasteiger partial charge in [0.2, 0.25) is 0 Å². The van der Waals surface area contributed by atoms with Gasteiger partial charge in [-0.1, -0.05) is 18.2 Å². The normalized spacial score (nSPS) is 12.8. The van der Waals surface area contributed by atoms with Crippen molar-refractivity contribution in [2.75, 3.05) is 0 Å². The third-order valence-electron chi connectivity index (χ3n) is 3.78. The Bertz CT molecular complexity index is 757. The van der Waals surface area contributed by atoms with Gasteiger partial charge in [-0.05, 0) is 36.4 Å². The van der Waals surface area contributed by atoms with Gasteiger partial charge in [0.25, 0.3) is 0 Å². The summed E-state index contributed by atoms with van der Waals surface area (Å²) < 4.78 is 0. The van der Waals surface area contributed by atoms with Crippen LogP contribution in [0, 0.1) is 0 Å². The van der Waals surface area contributed by atoms with Crippen LogP contribution in [0.5, 0.6) is 0 Å². The maximum atomic E-state index is 11.4. The van der Waals surface area contributed by atoms with Gasteiger partial charge in [0.15, 0.2) is 5.60 Å². The highest BCUT2D eigenvalue weighted by Gasteiger charge is 2.43. The molecule has 0 saturated heterocycles. The fraction of sp³-hybridized carbons (Fsp3) is 0.167. The molecule has 0 bridgehead atoms. The minimum absolute atomic E-state index is 0.223. The Labute approximate surface area is 139 Å². The maximum Gasteiger partial charge on any atom is 0.180 e. The summed E-state index contributed by atoms with van der Waals surface area (Å²) in [6.07, 6.45) is 1.66. The summed E-state index contributed by atoms with van der Waals surface area (Å²) in [7, 11) is 0. The molecule has 1 atom stereocenters. The number of nitrogens with zero attached hydrogens (tertiary/aromatic N) is 3. The van der Waals surface area contributed by atoms with Crippen molar-refractivity contribution >= 4 is 0 Å². The van der Waals surface area contributed by atoms with Gasteiger partial charge in [0.1, 0.15) is 6.10 Å². The topological polar surface area (TPSA) is 99.4 Å². The van der Waals surface area contributed by atoms with Crippen molar-refractivity contribution in [3.05, 3.63) is 89.8 Å². The van der Waals surface area contributed by atoms with Crippen molar-refractivity contribution in [2.24, 2.45) is 0 Å². The Hall–Kier alpha value is -2.67. The van der Waals surface area contributed by atoms with E-state index in [1.807, 2.05) is 0 Å². The molecule has 3 aromatic heterocycles. The molecule has 0 aliphatic carbocycles. The second kappa shape index (κ2) is 6.84. The number of aliphatic hydroxyl groups excluding tert-OH is 2. The van der Waals surface area contributed by atoms with Gasteiger partial charge in [-0.15, -0.1) is 0 Å². The molecule has 122 valence electrons. The number of hydrogen-bond acceptors (Lipinski definition) is 6. The highest BCUT2D eigenvalue weighted by atomic mass is 16.3. The van der Waals surface area contributed by atoms with Crippen LogP contribution in [0.15, 0.2) is 67.0 Å². The number of pyridine rings is 3. The summed E-state index contributed by atoms with van der Waals surface area (Å²) in [5.41, 5.74) is -0.736. The van der Waals surface area contributed by atoms with Gasteiger partial charge < -0.3 is 15.3 Å². The summed E-state index contributed by atoms with van der Waals surface area (Å²) in [6, 6.07) is 15.0. The van der Waals surface area contributed by atoms with Crippen molar-refractivity contribution in [1.29, 1.82) is 0 Å². The van der Waals surface area contributed by atoms with Crippen molar-refractivity contribution in [3.8, 4) is 0 Å². The lowest BCUT2D eigenvalue weighted by Crippen LogP contribution is -2.37. The Morgan fingerprint density at radius 3 is 2.00 bits per heavy atom. The number of aromatic nitrogens is 3. The summed E-state index contributed by atoms with van der Waals surface area (Å²) in [5, 5.41) is 31.5. The summed E-state index contributed by atoms with van der Waals surface area (Å²) in [4.78, 5) is 12.6. The second-order valence-corrected chi connectivity index (χ2v) is 5.31. The third kappa shape index (κ3) is 2.90. The minimum atomic E-state index is -1.87. The standard InChI is InChI=1S/C18H17N3O3/c22-12-13-6-5-7-14(21-13)17(23)18(24,15-8-1-3-10-19-15)16-9-2-4-11-20-16/h1-11,17,22-24H,12H2. The van der Waals surface area contributed by atoms with E-state index in [0.717, 1.165) is 0 Å². The lowest BCUT2D eigenvalue weighted by molar-refractivity contribution is -0.0597. The predicted molar refractivity (Wildman–Crippen MR) is 86.6 cm³/mol. The molecule has 3 aromatic rings. The molecule has 0 aromatic carbocycles. The average Bonchev–Trinajstić information content (AvgIpc) is 2.68. The molecule has 0 aliphatic heterocycles. The quantitative estimate of drug-likeness (QED) is 0.655. The highest BCUT2D eigenvalue weighted by Crippen LogP contribution is 2.38. The fourth-order valence-electron chi connectivity index (χ4n) is 2.54. The lowest BCUT2D eigenvalue weighted by Gasteiger charge is -2.31. The van der Waals surface area contributed by atoms with Gasteiger partial charge in [-0.25, -0.2) is 0 Å². The first-order chi connectivity index (χ1) is 11.7. The van der Waals surface area contributed by atoms with Crippen molar-refractivity contribution in [1.82, 2.24) is 15.0 Å². The molecule has 0 fully saturated rings. The maximum absolute atomic E-state index is 11.4. The molecule has 0 saturated carbocycles. The minimum Gasteiger partial charge on any atom is -0.390 e. The molecule has 0 amide bonds. The molecule has 3 heterocycles. The van der Waals surface area contributed by atoms with E-state index in [0.29, 0.717) is 5.69 Å². The Morgan fingerprint density at radius 2 is 1.50 bits per heavy atom. The van der Waals surface area contributed by atoms with Gasteiger partial charge in [-0.3, -0.25) is 15.0 Å². The number of hydrogen-bond donors (Lipinski definition) is 3. The number of rotatable bonds is 5. The van der Waals surface area contributed by atoms with Gasteiger partial charge >= 0.3 is 0 Å². The average molecular weight is 323 g/mol. The van der Waals surface area contributed by atoms with E-state index < -0.39 is 11.7 Å². The summed E-state index contributed by atoms with van der Waals surface area (Å²) >= 11 is 0. The Kier molecular flexibility index (Phi) is 4.61. The Balaban J connectivity index is 2.14. The van der Waals surface area contributed by atoms with Crippen LogP contribution in [0.4, 0.5) is 0 Å². The van der Waals surface area contributed by atoms with Crippen molar-refractivity contribution < 1.29 is 15.3 Å². The molecular formula is C18H17N3O3. The SMILES string of the molecule is OCc1cccc(C(O)C(O)(c2ccccn2)c2ccccn2)n1. The Morgan fingerprint density at radius 1 is 0.875 bits per heavy atom. The van der Waals surface area contributed by atoms with Gasteiger partial charge in [0, 0.05) is 12.4 Å². The molecule has 0 spiro atoms. The first-order valence-corrected chi connectivity index (χ1v) is 7.46. The van der Waals surface area contributed by atoms with Crippen LogP contribution >= 0.6 is 0 Å². The zero-order valence-corrected chi connectivity index (χ0v) is 12.8. The second-order valence-electron chi connectivity index (χ2n) is 5.31. The smallest absolute Gasteiger partial charge is 0.180 e. The first-order valence-electron chi connectivity index (χ1n) is 7.46. The van der Waals surface area contributed by atoms with E-state index in [1.165, 1.54) is 12.4 Å². The van der Waals surface area contributed by atoms with Gasteiger partial charge in [0.05, 0.1) is 29.4 Å². The van der Waals surface area contributed by atoms with Crippen LogP contribution in [0.25, 0.3) is 0 Å². The third-order valence-corrected chi connectivity index (χ3v) is 3.78. The highest BCUT2D eigenvalue weighted by molar-refractivity contribution is 5.32. The summed E-state index contributed by atoms with van der Waals surface area (Å²) in [5.74, 6) is 0. The molecule has 6 nitrogen and oxygen atoms in total. The largest absolute Gasteiger partial charge is 0.390 e. The molecule has 0 radical (unpaired) electrons. The monoisotopic (exact) mass is 323 g/mol. The van der Waals surface area contributed by atoms with E-state index in [4.69, 9.17) is 0 Å². The predicted octanol–water partition coefficient (Wildman–Crippen LogP) is 1.33. The van der Waals surface area contributed by atoms with E-state index >= 15 is 0 Å². The molecule has 24 heavy (non-hydrogen) atoms. The zero-order chi connectivity index (χ0) is 17.0. The van der Waals surface area contributed by atoms with Crippen LogP contribution in [0.3, 0.4) is 0 Å². The van der Waals surface area contributed by atoms with Crippen molar-refractivity contribution in [2.45, 2.75) is 18.3 Å². The van der Waals surface area contributed by atoms with E-state index in [2.05, 4.69) is 15.0 Å². The molecule has 6 heteroatoms. The molecular weight excluding hydrogens is 306 g/mol. The van der Waals surface area contributed by atoms with Gasteiger partial charge in [-0.2, -0.15) is 0 Å². The zero-order valence-electron chi connectivity index (χ0n) is 12.8. The number of aliphatic hydroxyl groups is 3. The molecule has 3 N–H and O–H groups in total.